The molecule has 0 unspecified atom stereocenters. The number of carbonyl (C=O) groups excluding carboxylic acids is 1. The second kappa shape index (κ2) is 7.98. The monoisotopic (exact) mass is 397 g/mol. The van der Waals surface area contributed by atoms with Crippen molar-refractivity contribution in [1.29, 1.82) is 0 Å². The van der Waals surface area contributed by atoms with Crippen LogP contribution in [0.5, 0.6) is 0 Å². The summed E-state index contributed by atoms with van der Waals surface area (Å²) < 4.78 is 39.0. The first kappa shape index (κ1) is 19.8. The van der Waals surface area contributed by atoms with Gasteiger partial charge in [-0.1, -0.05) is 13.0 Å². The molecule has 1 fully saturated rings. The minimum Gasteiger partial charge on any atom is -0.297 e. The molecular weight excluding hydrogens is 375 g/mol. The molecule has 1 aliphatic rings. The molecule has 0 radical (unpaired) electrons. The molecule has 0 bridgehead atoms. The molecule has 146 valence electrons. The molecule has 2 heterocycles. The van der Waals surface area contributed by atoms with Gasteiger partial charge in [0.25, 0.3) is 0 Å². The number of piperidine rings is 1. The number of likely N-dealkylation sites (tertiary alicyclic amines) is 1. The van der Waals surface area contributed by atoms with Crippen LogP contribution in [0.3, 0.4) is 0 Å². The summed E-state index contributed by atoms with van der Waals surface area (Å²) in [6.07, 6.45) is -2.08. The highest BCUT2D eigenvalue weighted by atomic mass is 32.1. The van der Waals surface area contributed by atoms with Crippen LogP contribution in [0.2, 0.25) is 0 Å². The summed E-state index contributed by atoms with van der Waals surface area (Å²) >= 11 is 1.27. The molecule has 0 saturated carbocycles. The largest absolute Gasteiger partial charge is 0.416 e. The Morgan fingerprint density at radius 3 is 2.85 bits per heavy atom. The Kier molecular flexibility index (Phi) is 5.86. The topological polar surface area (TPSA) is 36.4 Å². The maximum Gasteiger partial charge on any atom is 0.416 e. The number of rotatable bonds is 4. The van der Waals surface area contributed by atoms with Crippen molar-refractivity contribution in [1.82, 2.24) is 9.88 Å². The zero-order chi connectivity index (χ0) is 19.6. The van der Waals surface area contributed by atoms with E-state index in [1.54, 1.807) is 0 Å². The summed E-state index contributed by atoms with van der Waals surface area (Å²) in [4.78, 5) is 20.2. The van der Waals surface area contributed by atoms with E-state index in [4.69, 9.17) is 0 Å². The summed E-state index contributed by atoms with van der Waals surface area (Å²) in [5.41, 5.74) is 0.220. The molecule has 4 nitrogen and oxygen atoms in total. The van der Waals surface area contributed by atoms with Gasteiger partial charge in [0.2, 0.25) is 5.91 Å². The number of thiazole rings is 1. The third-order valence-corrected chi connectivity index (χ3v) is 5.48. The van der Waals surface area contributed by atoms with Gasteiger partial charge in [-0.25, -0.2) is 4.98 Å². The van der Waals surface area contributed by atoms with Crippen LogP contribution in [0, 0.1) is 5.92 Å². The van der Waals surface area contributed by atoms with Crippen LogP contribution >= 0.6 is 11.3 Å². The number of amides is 1. The van der Waals surface area contributed by atoms with Crippen LogP contribution in [0.15, 0.2) is 29.6 Å². The molecule has 1 atom stereocenters. The summed E-state index contributed by atoms with van der Waals surface area (Å²) in [6, 6.07) is 4.77. The minimum absolute atomic E-state index is 0.171. The normalized spacial score (nSPS) is 18.5. The van der Waals surface area contributed by atoms with Crippen LogP contribution in [-0.4, -0.2) is 28.9 Å². The van der Waals surface area contributed by atoms with E-state index in [0.29, 0.717) is 17.6 Å². The fourth-order valence-electron chi connectivity index (χ4n) is 3.38. The van der Waals surface area contributed by atoms with E-state index in [9.17, 15) is 18.0 Å². The number of alkyl halides is 3. The molecule has 1 saturated heterocycles. The fraction of sp³-hybridized carbons (Fsp3) is 0.474. The molecule has 8 heteroatoms. The Morgan fingerprint density at radius 1 is 1.41 bits per heavy atom. The number of halogens is 3. The Bertz CT molecular complexity index is 805. The highest BCUT2D eigenvalue weighted by Crippen LogP contribution is 2.35. The number of hydrogen-bond donors (Lipinski definition) is 0. The highest BCUT2D eigenvalue weighted by Gasteiger charge is 2.31. The average Bonchev–Trinajstić information content (AvgIpc) is 3.02. The van der Waals surface area contributed by atoms with Gasteiger partial charge in [0.15, 0.2) is 5.13 Å². The number of carbonyl (C=O) groups is 1. The average molecular weight is 397 g/mol. The van der Waals surface area contributed by atoms with E-state index in [2.05, 4.69) is 16.8 Å². The van der Waals surface area contributed by atoms with Crippen LogP contribution in [-0.2, 0) is 17.5 Å². The Hall–Kier alpha value is -1.93. The minimum atomic E-state index is -4.46. The van der Waals surface area contributed by atoms with Crippen LogP contribution in [0.1, 0.15) is 37.9 Å². The number of aromatic nitrogens is 1. The van der Waals surface area contributed by atoms with Gasteiger partial charge in [-0.2, -0.15) is 13.2 Å². The van der Waals surface area contributed by atoms with E-state index < -0.39 is 11.7 Å². The molecule has 1 amide bonds. The second-order valence-corrected chi connectivity index (χ2v) is 7.84. The lowest BCUT2D eigenvalue weighted by atomic mass is 10.0. The predicted molar refractivity (Wildman–Crippen MR) is 100 cm³/mol. The van der Waals surface area contributed by atoms with Gasteiger partial charge in [-0.15, -0.1) is 11.3 Å². The van der Waals surface area contributed by atoms with E-state index in [1.165, 1.54) is 41.7 Å². The van der Waals surface area contributed by atoms with E-state index in [1.807, 2.05) is 5.38 Å². The van der Waals surface area contributed by atoms with Gasteiger partial charge >= 0.3 is 6.18 Å². The first-order chi connectivity index (χ1) is 12.7. The second-order valence-electron chi connectivity index (χ2n) is 7.01. The number of anilines is 2. The molecular formula is C19H22F3N3OS. The zero-order valence-electron chi connectivity index (χ0n) is 15.3. The van der Waals surface area contributed by atoms with Crippen molar-refractivity contribution in [3.8, 4) is 0 Å². The lowest BCUT2D eigenvalue weighted by molar-refractivity contribution is -0.137. The summed E-state index contributed by atoms with van der Waals surface area (Å²) in [5.74, 6) is 0.275. The van der Waals surface area contributed by atoms with Gasteiger partial charge in [-0.05, 0) is 43.5 Å². The zero-order valence-corrected chi connectivity index (χ0v) is 16.1. The lowest BCUT2D eigenvalue weighted by Gasteiger charge is -2.30. The van der Waals surface area contributed by atoms with Gasteiger partial charge < -0.3 is 0 Å². The smallest absolute Gasteiger partial charge is 0.297 e. The third kappa shape index (κ3) is 4.87. The quantitative estimate of drug-likeness (QED) is 0.722. The fourth-order valence-corrected chi connectivity index (χ4v) is 4.26. The third-order valence-electron chi connectivity index (χ3n) is 4.60. The van der Waals surface area contributed by atoms with E-state index in [-0.39, 0.29) is 11.6 Å². The molecule has 3 rings (SSSR count). The number of hydrogen-bond acceptors (Lipinski definition) is 4. The highest BCUT2D eigenvalue weighted by molar-refractivity contribution is 7.14. The number of benzene rings is 1. The molecule has 0 spiro atoms. The standard InChI is InChI=1S/C19H22F3N3OS/c1-13-5-4-8-24(10-13)11-16-12-27-18(23-16)25(14(2)26)17-7-3-6-15(9-17)19(20,21)22/h3,6-7,9,12-13H,4-5,8,10-11H2,1-2H3/t13-/m1/s1. The van der Waals surface area contributed by atoms with Crippen molar-refractivity contribution in [3.05, 3.63) is 40.9 Å². The molecule has 2 aromatic rings. The Morgan fingerprint density at radius 2 is 2.19 bits per heavy atom. The van der Waals surface area contributed by atoms with Gasteiger partial charge in [-0.3, -0.25) is 14.6 Å². The van der Waals surface area contributed by atoms with Crippen molar-refractivity contribution in [2.75, 3.05) is 18.0 Å². The van der Waals surface area contributed by atoms with Crippen molar-refractivity contribution in [2.45, 2.75) is 39.4 Å². The van der Waals surface area contributed by atoms with Crippen molar-refractivity contribution in [2.24, 2.45) is 5.92 Å². The van der Waals surface area contributed by atoms with Crippen molar-refractivity contribution < 1.29 is 18.0 Å². The lowest BCUT2D eigenvalue weighted by Crippen LogP contribution is -2.33. The first-order valence-electron chi connectivity index (χ1n) is 8.89. The van der Waals surface area contributed by atoms with Crippen molar-refractivity contribution >= 4 is 28.1 Å². The van der Waals surface area contributed by atoms with E-state index in [0.717, 1.165) is 37.3 Å². The SMILES string of the molecule is CC(=O)N(c1cccc(C(F)(F)F)c1)c1nc(CN2CCC[C@@H](C)C2)cs1. The van der Waals surface area contributed by atoms with Crippen molar-refractivity contribution in [3.63, 3.8) is 0 Å². The maximum absolute atomic E-state index is 13.0. The summed E-state index contributed by atoms with van der Waals surface area (Å²) in [6.45, 7) is 6.27. The summed E-state index contributed by atoms with van der Waals surface area (Å²) in [5, 5.41) is 2.26. The summed E-state index contributed by atoms with van der Waals surface area (Å²) in [7, 11) is 0. The van der Waals surface area contributed by atoms with E-state index >= 15 is 0 Å². The molecule has 0 aliphatic carbocycles. The first-order valence-corrected chi connectivity index (χ1v) is 9.76. The Labute approximate surface area is 160 Å². The molecule has 1 aliphatic heterocycles. The predicted octanol–water partition coefficient (Wildman–Crippen LogP) is 5.08. The molecule has 0 N–H and O–H groups in total. The Balaban J connectivity index is 1.82. The maximum atomic E-state index is 13.0. The van der Waals surface area contributed by atoms with Crippen LogP contribution in [0.25, 0.3) is 0 Å². The molecule has 1 aromatic carbocycles. The molecule has 27 heavy (non-hydrogen) atoms. The van der Waals surface area contributed by atoms with Gasteiger partial charge in [0.1, 0.15) is 0 Å². The van der Waals surface area contributed by atoms with Gasteiger partial charge in [0.05, 0.1) is 16.9 Å². The molecule has 1 aromatic heterocycles. The number of nitrogens with zero attached hydrogens (tertiary/aromatic N) is 3. The van der Waals surface area contributed by atoms with Crippen LogP contribution < -0.4 is 4.90 Å². The van der Waals surface area contributed by atoms with Crippen LogP contribution in [0.4, 0.5) is 24.0 Å². The van der Waals surface area contributed by atoms with Gasteiger partial charge in [0, 0.05) is 25.4 Å².